The molecule has 2 rings (SSSR count). The van der Waals surface area contributed by atoms with Gasteiger partial charge in [-0.2, -0.15) is 5.26 Å². The molecule has 6 nitrogen and oxygen atoms in total. The molecule has 0 aliphatic heterocycles. The lowest BCUT2D eigenvalue weighted by Gasteiger charge is -2.25. The van der Waals surface area contributed by atoms with Crippen molar-refractivity contribution in [3.05, 3.63) is 56.5 Å². The van der Waals surface area contributed by atoms with Crippen molar-refractivity contribution in [3.8, 4) is 11.8 Å². The number of nitriles is 1. The third-order valence-electron chi connectivity index (χ3n) is 3.96. The van der Waals surface area contributed by atoms with Crippen molar-refractivity contribution in [2.24, 2.45) is 5.92 Å². The fourth-order valence-corrected chi connectivity index (χ4v) is 3.79. The molecule has 0 bridgehead atoms. The van der Waals surface area contributed by atoms with Gasteiger partial charge in [0, 0.05) is 22.3 Å². The van der Waals surface area contributed by atoms with Gasteiger partial charge in [0.25, 0.3) is 0 Å². The van der Waals surface area contributed by atoms with Crippen LogP contribution in [-0.2, 0) is 4.74 Å². The highest BCUT2D eigenvalue weighted by Crippen LogP contribution is 2.40. The van der Waals surface area contributed by atoms with Crippen molar-refractivity contribution in [2.45, 2.75) is 19.4 Å². The van der Waals surface area contributed by atoms with Crippen molar-refractivity contribution in [1.29, 1.82) is 5.26 Å². The van der Waals surface area contributed by atoms with Gasteiger partial charge in [0.1, 0.15) is 11.9 Å². The first-order valence-corrected chi connectivity index (χ1v) is 9.71. The number of halogens is 2. The number of benzene rings is 2. The van der Waals surface area contributed by atoms with Crippen molar-refractivity contribution in [1.82, 2.24) is 0 Å². The molecule has 27 heavy (non-hydrogen) atoms. The van der Waals surface area contributed by atoms with E-state index in [1.165, 1.54) is 0 Å². The maximum Gasteiger partial charge on any atom is 0.412 e. The van der Waals surface area contributed by atoms with Crippen LogP contribution in [0.3, 0.4) is 0 Å². The van der Waals surface area contributed by atoms with Gasteiger partial charge in [0.05, 0.1) is 16.1 Å². The lowest BCUT2D eigenvalue weighted by molar-refractivity contribution is 0.0651. The maximum atomic E-state index is 12.4. The first-order valence-electron chi connectivity index (χ1n) is 8.12. The zero-order valence-corrected chi connectivity index (χ0v) is 17.6. The van der Waals surface area contributed by atoms with Gasteiger partial charge >= 0.3 is 6.09 Å². The molecule has 0 unspecified atom stereocenters. The minimum absolute atomic E-state index is 0.0286. The second kappa shape index (κ2) is 9.74. The van der Waals surface area contributed by atoms with E-state index < -0.39 is 12.2 Å². The number of carbonyl (C=O) groups excluding carboxylic acids is 1. The van der Waals surface area contributed by atoms with Crippen molar-refractivity contribution < 1.29 is 19.7 Å². The fraction of sp³-hybridized carbons (Fsp3) is 0.263. The Hall–Kier alpha value is -2.08. The molecule has 2 aromatic rings. The summed E-state index contributed by atoms with van der Waals surface area (Å²) in [4.78, 5) is 12.4. The number of phenolic OH excluding ortho intramolecular Hbond substituents is 1. The number of amides is 1. The van der Waals surface area contributed by atoms with Gasteiger partial charge in [-0.05, 0) is 64.7 Å². The summed E-state index contributed by atoms with van der Waals surface area (Å²) in [6.07, 6.45) is -1.09. The van der Waals surface area contributed by atoms with Gasteiger partial charge in [-0.25, -0.2) is 4.79 Å². The van der Waals surface area contributed by atoms with Crippen LogP contribution >= 0.6 is 31.9 Å². The lowest BCUT2D eigenvalue weighted by atomic mass is 9.94. The molecule has 0 aromatic heterocycles. The van der Waals surface area contributed by atoms with Gasteiger partial charge in [-0.3, -0.25) is 5.32 Å². The number of anilines is 1. The Bertz CT molecular complexity index is 850. The third-order valence-corrected chi connectivity index (χ3v) is 5.02. The molecule has 0 saturated heterocycles. The molecule has 0 fully saturated rings. The standard InChI is InChI=1S/C19H18Br2N2O4/c1-11(6-7-24)18(15-8-13(20)9-16(21)17(15)25)27-19(26)23-14-4-2-12(10-22)3-5-14/h2-5,8-9,11,18,24-25H,6-7H2,1H3,(H,23,26)/t11-,18+/m0/s1. The summed E-state index contributed by atoms with van der Waals surface area (Å²) >= 11 is 6.64. The van der Waals surface area contributed by atoms with Crippen LogP contribution in [0, 0.1) is 17.2 Å². The molecule has 0 saturated carbocycles. The predicted molar refractivity (Wildman–Crippen MR) is 108 cm³/mol. The number of aromatic hydroxyl groups is 1. The Morgan fingerprint density at radius 2 is 1.96 bits per heavy atom. The van der Waals surface area contributed by atoms with Gasteiger partial charge < -0.3 is 14.9 Å². The number of rotatable bonds is 6. The summed E-state index contributed by atoms with van der Waals surface area (Å²) in [6.45, 7) is 1.75. The number of nitrogens with zero attached hydrogens (tertiary/aromatic N) is 1. The van der Waals surface area contributed by atoms with Crippen LogP contribution in [0.2, 0.25) is 0 Å². The molecule has 0 spiro atoms. The van der Waals surface area contributed by atoms with Crippen molar-refractivity contribution >= 4 is 43.6 Å². The first kappa shape index (κ1) is 21.2. The minimum Gasteiger partial charge on any atom is -0.506 e. The molecular weight excluding hydrogens is 480 g/mol. The SMILES string of the molecule is C[C@@H](CCO)[C@@H](OC(=O)Nc1ccc(C#N)cc1)c1cc(Br)cc(Br)c1O. The molecule has 2 aromatic carbocycles. The van der Waals surface area contributed by atoms with Gasteiger partial charge in [0.2, 0.25) is 0 Å². The van der Waals surface area contributed by atoms with Gasteiger partial charge in [0.15, 0.2) is 0 Å². The highest BCUT2D eigenvalue weighted by atomic mass is 79.9. The molecule has 3 N–H and O–H groups in total. The second-order valence-electron chi connectivity index (χ2n) is 5.96. The molecule has 1 amide bonds. The smallest absolute Gasteiger partial charge is 0.412 e. The number of aliphatic hydroxyl groups is 1. The summed E-state index contributed by atoms with van der Waals surface area (Å²) in [7, 11) is 0. The molecule has 8 heteroatoms. The monoisotopic (exact) mass is 496 g/mol. The van der Waals surface area contributed by atoms with E-state index in [1.54, 1.807) is 36.4 Å². The van der Waals surface area contributed by atoms with Crippen LogP contribution in [0.4, 0.5) is 10.5 Å². The second-order valence-corrected chi connectivity index (χ2v) is 7.73. The van der Waals surface area contributed by atoms with E-state index in [0.29, 0.717) is 32.2 Å². The first-order chi connectivity index (χ1) is 12.8. The molecule has 142 valence electrons. The summed E-state index contributed by atoms with van der Waals surface area (Å²) in [6, 6.07) is 11.7. The summed E-state index contributed by atoms with van der Waals surface area (Å²) in [5.74, 6) is -0.270. The average Bonchev–Trinajstić information content (AvgIpc) is 2.63. The van der Waals surface area contributed by atoms with Gasteiger partial charge in [-0.1, -0.05) is 22.9 Å². The molecule has 2 atom stereocenters. The van der Waals surface area contributed by atoms with Crippen LogP contribution in [0.1, 0.15) is 30.6 Å². The fourth-order valence-electron chi connectivity index (χ4n) is 2.53. The van der Waals surface area contributed by atoms with Crippen LogP contribution in [-0.4, -0.2) is 22.9 Å². The Morgan fingerprint density at radius 3 is 2.56 bits per heavy atom. The van der Waals surface area contributed by atoms with Crippen LogP contribution in [0.25, 0.3) is 0 Å². The van der Waals surface area contributed by atoms with E-state index in [4.69, 9.17) is 10.00 Å². The Morgan fingerprint density at radius 1 is 1.30 bits per heavy atom. The predicted octanol–water partition coefficient (Wildman–Crippen LogP) is 5.10. The van der Waals surface area contributed by atoms with Crippen molar-refractivity contribution in [3.63, 3.8) is 0 Å². The van der Waals surface area contributed by atoms with Crippen LogP contribution in [0.15, 0.2) is 45.3 Å². The number of ether oxygens (including phenoxy) is 1. The topological polar surface area (TPSA) is 103 Å². The molecule has 0 radical (unpaired) electrons. The Balaban J connectivity index is 2.24. The molecule has 0 aliphatic carbocycles. The molecule has 0 aliphatic rings. The maximum absolute atomic E-state index is 12.4. The minimum atomic E-state index is -0.774. The van der Waals surface area contributed by atoms with Crippen LogP contribution < -0.4 is 5.32 Å². The highest BCUT2D eigenvalue weighted by molar-refractivity contribution is 9.11. The number of hydrogen-bond acceptors (Lipinski definition) is 5. The highest BCUT2D eigenvalue weighted by Gasteiger charge is 2.27. The normalized spacial score (nSPS) is 12.7. The molecule has 0 heterocycles. The quantitative estimate of drug-likeness (QED) is 0.515. The number of carbonyl (C=O) groups is 1. The van der Waals surface area contributed by atoms with E-state index in [1.807, 2.05) is 13.0 Å². The average molecular weight is 498 g/mol. The number of aliphatic hydroxyl groups excluding tert-OH is 1. The zero-order valence-electron chi connectivity index (χ0n) is 14.4. The number of nitrogens with one attached hydrogen (secondary N) is 1. The van der Waals surface area contributed by atoms with E-state index in [-0.39, 0.29) is 18.3 Å². The summed E-state index contributed by atoms with van der Waals surface area (Å²) in [5.41, 5.74) is 1.38. The number of phenols is 1. The van der Waals surface area contributed by atoms with E-state index in [9.17, 15) is 15.0 Å². The largest absolute Gasteiger partial charge is 0.506 e. The Labute approximate surface area is 174 Å². The zero-order chi connectivity index (χ0) is 20.0. The Kier molecular flexibility index (Phi) is 7.66. The third kappa shape index (κ3) is 5.70. The van der Waals surface area contributed by atoms with Gasteiger partial charge in [-0.15, -0.1) is 0 Å². The van der Waals surface area contributed by atoms with Crippen molar-refractivity contribution in [2.75, 3.05) is 11.9 Å². The lowest BCUT2D eigenvalue weighted by Crippen LogP contribution is -2.22. The van der Waals surface area contributed by atoms with Crippen LogP contribution in [0.5, 0.6) is 5.75 Å². The van der Waals surface area contributed by atoms with E-state index in [0.717, 1.165) is 0 Å². The van der Waals surface area contributed by atoms with E-state index >= 15 is 0 Å². The number of hydrogen-bond donors (Lipinski definition) is 3. The molecular formula is C19H18Br2N2O4. The summed E-state index contributed by atoms with van der Waals surface area (Å²) in [5, 5.41) is 31.1. The van der Waals surface area contributed by atoms with E-state index in [2.05, 4.69) is 37.2 Å². The summed E-state index contributed by atoms with van der Waals surface area (Å²) < 4.78 is 6.74.